The first kappa shape index (κ1) is 23.8. The van der Waals surface area contributed by atoms with Crippen LogP contribution in [0, 0.1) is 10.1 Å². The van der Waals surface area contributed by atoms with Crippen LogP contribution >= 0.6 is 24.8 Å². The Morgan fingerprint density at radius 1 is 1.13 bits per heavy atom. The van der Waals surface area contributed by atoms with Gasteiger partial charge < -0.3 is 15.1 Å². The first-order valence-electron chi connectivity index (χ1n) is 9.32. The fourth-order valence-electron chi connectivity index (χ4n) is 3.73. The van der Waals surface area contributed by atoms with Crippen LogP contribution in [0.15, 0.2) is 65.2 Å². The number of hydrogen-bond donors (Lipinski definition) is 1. The number of oxazole rings is 1. The normalized spacial score (nSPS) is 18.4. The summed E-state index contributed by atoms with van der Waals surface area (Å²) in [5.74, 6) is 1.50. The average Bonchev–Trinajstić information content (AvgIpc) is 3.34. The largest absolute Gasteiger partial charge is 0.441 e. The molecule has 2 aromatic carbocycles. The highest BCUT2D eigenvalue weighted by atomic mass is 35.5. The van der Waals surface area contributed by atoms with Gasteiger partial charge in [-0.15, -0.1) is 24.8 Å². The topological polar surface area (TPSA) is 98.4 Å². The van der Waals surface area contributed by atoms with Crippen molar-refractivity contribution in [1.82, 2.24) is 9.88 Å². The number of likely N-dealkylation sites (tertiary alicyclic amines) is 1. The smallest absolute Gasteiger partial charge is 0.270 e. The highest BCUT2D eigenvalue weighted by Gasteiger charge is 2.31. The second kappa shape index (κ2) is 10.5. The summed E-state index contributed by atoms with van der Waals surface area (Å²) in [6, 6.07) is 16.9. The van der Waals surface area contributed by atoms with Gasteiger partial charge in [-0.2, -0.15) is 0 Å². The van der Waals surface area contributed by atoms with Crippen molar-refractivity contribution in [1.29, 1.82) is 0 Å². The SMILES string of the molecule is Cl.Cl.N[C@@H]1CN(CCc2ncc(-c3cccc([N+](=O)[O-])c3)o2)C[C@H]1c1ccccc1. The molecule has 0 bridgehead atoms. The first-order chi connectivity index (χ1) is 13.6. The fourth-order valence-corrected chi connectivity index (χ4v) is 3.73. The molecular weight excluding hydrogens is 427 g/mol. The molecule has 3 aromatic rings. The van der Waals surface area contributed by atoms with Crippen LogP contribution < -0.4 is 5.73 Å². The van der Waals surface area contributed by atoms with E-state index in [4.69, 9.17) is 10.2 Å². The summed E-state index contributed by atoms with van der Waals surface area (Å²) in [5, 5.41) is 10.9. The quantitative estimate of drug-likeness (QED) is 0.448. The second-order valence-corrected chi connectivity index (χ2v) is 7.12. The van der Waals surface area contributed by atoms with Crippen LogP contribution in [0.25, 0.3) is 11.3 Å². The molecule has 0 spiro atoms. The van der Waals surface area contributed by atoms with Gasteiger partial charge in [0, 0.05) is 55.7 Å². The number of aromatic nitrogens is 1. The lowest BCUT2D eigenvalue weighted by Gasteiger charge is -2.15. The van der Waals surface area contributed by atoms with Crippen LogP contribution in [-0.2, 0) is 6.42 Å². The Morgan fingerprint density at radius 2 is 1.90 bits per heavy atom. The number of nitro benzene ring substituents is 1. The molecule has 1 aliphatic rings. The molecule has 1 fully saturated rings. The Balaban J connectivity index is 0.00000160. The van der Waals surface area contributed by atoms with E-state index in [0.29, 0.717) is 29.6 Å². The minimum absolute atomic E-state index is 0. The zero-order chi connectivity index (χ0) is 19.5. The van der Waals surface area contributed by atoms with Crippen molar-refractivity contribution in [2.75, 3.05) is 19.6 Å². The lowest BCUT2D eigenvalue weighted by Crippen LogP contribution is -2.29. The second-order valence-electron chi connectivity index (χ2n) is 7.12. The molecule has 0 radical (unpaired) electrons. The Morgan fingerprint density at radius 3 is 2.63 bits per heavy atom. The third-order valence-electron chi connectivity index (χ3n) is 5.21. The van der Waals surface area contributed by atoms with Crippen LogP contribution in [-0.4, -0.2) is 40.5 Å². The zero-order valence-electron chi connectivity index (χ0n) is 16.2. The van der Waals surface area contributed by atoms with Gasteiger partial charge in [0.05, 0.1) is 11.1 Å². The molecule has 0 saturated carbocycles. The standard InChI is InChI=1S/C21H22N4O3.2ClH/c22-19-14-24(13-18(19)15-5-2-1-3-6-15)10-9-21-23-12-20(28-21)16-7-4-8-17(11-16)25(26)27;;/h1-8,11-12,18-19H,9-10,13-14,22H2;2*1H/t18-,19+;;/m0../s1. The Hall–Kier alpha value is -2.45. The monoisotopic (exact) mass is 450 g/mol. The summed E-state index contributed by atoms with van der Waals surface area (Å²) in [6.07, 6.45) is 2.29. The van der Waals surface area contributed by atoms with Crippen molar-refractivity contribution in [3.63, 3.8) is 0 Å². The van der Waals surface area contributed by atoms with Gasteiger partial charge >= 0.3 is 0 Å². The summed E-state index contributed by atoms with van der Waals surface area (Å²) in [6.45, 7) is 2.58. The van der Waals surface area contributed by atoms with Crippen molar-refractivity contribution < 1.29 is 9.34 Å². The molecule has 4 rings (SSSR count). The van der Waals surface area contributed by atoms with Crippen LogP contribution in [0.4, 0.5) is 5.69 Å². The molecule has 7 nitrogen and oxygen atoms in total. The van der Waals surface area contributed by atoms with Crippen molar-refractivity contribution in [3.05, 3.63) is 82.4 Å². The van der Waals surface area contributed by atoms with E-state index in [1.165, 1.54) is 17.7 Å². The molecule has 0 unspecified atom stereocenters. The molecule has 2 N–H and O–H groups in total. The van der Waals surface area contributed by atoms with E-state index in [0.717, 1.165) is 19.6 Å². The maximum atomic E-state index is 10.9. The van der Waals surface area contributed by atoms with Crippen molar-refractivity contribution in [2.45, 2.75) is 18.4 Å². The number of halogens is 2. The molecule has 2 heterocycles. The number of non-ortho nitro benzene ring substituents is 1. The van der Waals surface area contributed by atoms with Crippen LogP contribution in [0.2, 0.25) is 0 Å². The molecular formula is C21H24Cl2N4O3. The predicted molar refractivity (Wildman–Crippen MR) is 120 cm³/mol. The molecule has 1 saturated heterocycles. The van der Waals surface area contributed by atoms with Gasteiger partial charge in [0.15, 0.2) is 11.7 Å². The van der Waals surface area contributed by atoms with E-state index in [-0.39, 0.29) is 36.5 Å². The Kier molecular flexibility index (Phi) is 8.37. The zero-order valence-corrected chi connectivity index (χ0v) is 17.8. The third kappa shape index (κ3) is 5.37. The van der Waals surface area contributed by atoms with Gasteiger partial charge in [0.25, 0.3) is 5.69 Å². The number of rotatable bonds is 6. The molecule has 30 heavy (non-hydrogen) atoms. The van der Waals surface area contributed by atoms with Crippen LogP contribution in [0.1, 0.15) is 17.4 Å². The Bertz CT molecular complexity index is 968. The van der Waals surface area contributed by atoms with E-state index in [2.05, 4.69) is 22.0 Å². The summed E-state index contributed by atoms with van der Waals surface area (Å²) in [5.41, 5.74) is 8.32. The molecule has 1 aromatic heterocycles. The number of nitro groups is 1. The number of benzene rings is 2. The summed E-state index contributed by atoms with van der Waals surface area (Å²) in [7, 11) is 0. The van der Waals surface area contributed by atoms with E-state index in [1.807, 2.05) is 18.2 Å². The first-order valence-corrected chi connectivity index (χ1v) is 9.32. The maximum absolute atomic E-state index is 10.9. The predicted octanol–water partition coefficient (Wildman–Crippen LogP) is 4.06. The minimum Gasteiger partial charge on any atom is -0.441 e. The molecule has 9 heteroatoms. The van der Waals surface area contributed by atoms with Gasteiger partial charge in [-0.25, -0.2) is 4.98 Å². The van der Waals surface area contributed by atoms with Gasteiger partial charge in [0.1, 0.15) is 0 Å². The Labute approximate surface area is 187 Å². The van der Waals surface area contributed by atoms with Crippen molar-refractivity contribution in [3.8, 4) is 11.3 Å². The summed E-state index contributed by atoms with van der Waals surface area (Å²) >= 11 is 0. The van der Waals surface area contributed by atoms with Crippen molar-refractivity contribution in [2.24, 2.45) is 5.73 Å². The molecule has 0 aliphatic carbocycles. The summed E-state index contributed by atoms with van der Waals surface area (Å²) in [4.78, 5) is 17.2. The molecule has 0 amide bonds. The molecule has 1 aliphatic heterocycles. The van der Waals surface area contributed by atoms with E-state index in [1.54, 1.807) is 18.3 Å². The van der Waals surface area contributed by atoms with Crippen LogP contribution in [0.5, 0.6) is 0 Å². The lowest BCUT2D eigenvalue weighted by atomic mass is 9.95. The fraction of sp³-hybridized carbons (Fsp3) is 0.286. The third-order valence-corrected chi connectivity index (χ3v) is 5.21. The highest BCUT2D eigenvalue weighted by molar-refractivity contribution is 5.85. The molecule has 2 atom stereocenters. The van der Waals surface area contributed by atoms with Gasteiger partial charge in [-0.1, -0.05) is 42.5 Å². The lowest BCUT2D eigenvalue weighted by molar-refractivity contribution is -0.384. The van der Waals surface area contributed by atoms with E-state index < -0.39 is 4.92 Å². The van der Waals surface area contributed by atoms with Crippen LogP contribution in [0.3, 0.4) is 0 Å². The minimum atomic E-state index is -0.416. The molecule has 160 valence electrons. The van der Waals surface area contributed by atoms with Gasteiger partial charge in [0.2, 0.25) is 0 Å². The maximum Gasteiger partial charge on any atom is 0.270 e. The highest BCUT2D eigenvalue weighted by Crippen LogP contribution is 2.27. The van der Waals surface area contributed by atoms with Gasteiger partial charge in [-0.05, 0) is 5.56 Å². The van der Waals surface area contributed by atoms with E-state index in [9.17, 15) is 10.1 Å². The van der Waals surface area contributed by atoms with E-state index >= 15 is 0 Å². The average molecular weight is 451 g/mol. The summed E-state index contributed by atoms with van der Waals surface area (Å²) < 4.78 is 5.81. The number of nitrogens with zero attached hydrogens (tertiary/aromatic N) is 3. The van der Waals surface area contributed by atoms with Crippen molar-refractivity contribution >= 4 is 30.5 Å². The number of hydrogen-bond acceptors (Lipinski definition) is 6. The van der Waals surface area contributed by atoms with Gasteiger partial charge in [-0.3, -0.25) is 10.1 Å². The number of nitrogens with two attached hydrogens (primary N) is 1.